The second-order valence-corrected chi connectivity index (χ2v) is 3.16. The molecule has 0 aliphatic carbocycles. The van der Waals surface area contributed by atoms with E-state index in [1.807, 2.05) is 13.8 Å². The molecule has 1 heterocycles. The maximum absolute atomic E-state index is 5.34. The fourth-order valence-electron chi connectivity index (χ4n) is 1.17. The standard InChI is InChI=1S/C10H20O4.C2H6/c1-3-11-7-9-13-5-2-6-14-10-8-12-4-1;1-2/h1-10H2;1-2H3. The van der Waals surface area contributed by atoms with Gasteiger partial charge in [-0.05, 0) is 12.8 Å². The third-order valence-corrected chi connectivity index (χ3v) is 1.90. The highest BCUT2D eigenvalue weighted by Gasteiger charge is 1.95. The van der Waals surface area contributed by atoms with Crippen molar-refractivity contribution >= 4 is 0 Å². The van der Waals surface area contributed by atoms with Gasteiger partial charge in [-0.2, -0.15) is 0 Å². The van der Waals surface area contributed by atoms with Crippen LogP contribution in [-0.2, 0) is 18.9 Å². The fraction of sp³-hybridized carbons (Fsp3) is 1.00. The lowest BCUT2D eigenvalue weighted by atomic mass is 10.5. The lowest BCUT2D eigenvalue weighted by Crippen LogP contribution is -2.12. The van der Waals surface area contributed by atoms with Crippen LogP contribution in [0, 0.1) is 0 Å². The van der Waals surface area contributed by atoms with E-state index < -0.39 is 0 Å². The second-order valence-electron chi connectivity index (χ2n) is 3.16. The Balaban J connectivity index is 0.00000106. The van der Waals surface area contributed by atoms with Gasteiger partial charge in [0.25, 0.3) is 0 Å². The van der Waals surface area contributed by atoms with Crippen LogP contribution in [0.3, 0.4) is 0 Å². The molecule has 0 bridgehead atoms. The molecule has 1 aliphatic rings. The molecule has 16 heavy (non-hydrogen) atoms. The molecule has 1 rings (SSSR count). The zero-order valence-electron chi connectivity index (χ0n) is 10.7. The van der Waals surface area contributed by atoms with Crippen molar-refractivity contribution in [3.63, 3.8) is 0 Å². The van der Waals surface area contributed by atoms with Crippen molar-refractivity contribution in [2.45, 2.75) is 26.7 Å². The Labute approximate surface area is 99.2 Å². The largest absolute Gasteiger partial charge is 0.379 e. The molecule has 0 aromatic heterocycles. The van der Waals surface area contributed by atoms with Crippen LogP contribution in [0.1, 0.15) is 26.7 Å². The molecule has 1 saturated heterocycles. The number of rotatable bonds is 0. The van der Waals surface area contributed by atoms with Gasteiger partial charge in [0.05, 0.1) is 26.4 Å². The summed E-state index contributed by atoms with van der Waals surface area (Å²) in [5, 5.41) is 0. The monoisotopic (exact) mass is 234 g/mol. The van der Waals surface area contributed by atoms with Gasteiger partial charge in [0.2, 0.25) is 0 Å². The van der Waals surface area contributed by atoms with Crippen molar-refractivity contribution in [2.75, 3.05) is 52.9 Å². The van der Waals surface area contributed by atoms with Crippen molar-refractivity contribution in [3.05, 3.63) is 0 Å². The molecule has 0 aromatic carbocycles. The van der Waals surface area contributed by atoms with E-state index in [9.17, 15) is 0 Å². The lowest BCUT2D eigenvalue weighted by Gasteiger charge is -2.09. The third-order valence-electron chi connectivity index (χ3n) is 1.90. The van der Waals surface area contributed by atoms with E-state index in [0.29, 0.717) is 26.4 Å². The zero-order valence-corrected chi connectivity index (χ0v) is 10.7. The minimum Gasteiger partial charge on any atom is -0.379 e. The normalized spacial score (nSPS) is 21.4. The smallest absolute Gasteiger partial charge is 0.0700 e. The first-order chi connectivity index (χ1) is 8.00. The molecule has 4 nitrogen and oxygen atoms in total. The van der Waals surface area contributed by atoms with Crippen LogP contribution in [0.2, 0.25) is 0 Å². The summed E-state index contributed by atoms with van der Waals surface area (Å²) in [6.07, 6.45) is 1.89. The molecule has 0 radical (unpaired) electrons. The van der Waals surface area contributed by atoms with Gasteiger partial charge in [0, 0.05) is 26.4 Å². The number of hydrogen-bond acceptors (Lipinski definition) is 4. The molecule has 0 amide bonds. The van der Waals surface area contributed by atoms with Crippen molar-refractivity contribution in [1.82, 2.24) is 0 Å². The van der Waals surface area contributed by atoms with E-state index in [2.05, 4.69) is 0 Å². The summed E-state index contributed by atoms with van der Waals surface area (Å²) in [6, 6.07) is 0. The van der Waals surface area contributed by atoms with Crippen LogP contribution in [0.4, 0.5) is 0 Å². The maximum Gasteiger partial charge on any atom is 0.0700 e. The zero-order chi connectivity index (χ0) is 11.9. The highest BCUT2D eigenvalue weighted by molar-refractivity contribution is 4.40. The number of ether oxygens (including phenoxy) is 4. The van der Waals surface area contributed by atoms with Crippen molar-refractivity contribution in [3.8, 4) is 0 Å². The van der Waals surface area contributed by atoms with Gasteiger partial charge < -0.3 is 18.9 Å². The first-order valence-corrected chi connectivity index (χ1v) is 6.31. The summed E-state index contributed by atoms with van der Waals surface area (Å²) in [6.45, 7) is 9.74. The lowest BCUT2D eigenvalue weighted by molar-refractivity contribution is 0.00240. The average molecular weight is 234 g/mol. The van der Waals surface area contributed by atoms with Gasteiger partial charge in [-0.1, -0.05) is 13.8 Å². The predicted molar refractivity (Wildman–Crippen MR) is 63.9 cm³/mol. The number of hydrogen-bond donors (Lipinski definition) is 0. The second kappa shape index (κ2) is 14.8. The van der Waals surface area contributed by atoms with Crippen molar-refractivity contribution in [2.24, 2.45) is 0 Å². The summed E-state index contributed by atoms with van der Waals surface area (Å²) < 4.78 is 21.4. The molecule has 0 saturated carbocycles. The summed E-state index contributed by atoms with van der Waals surface area (Å²) in [7, 11) is 0. The van der Waals surface area contributed by atoms with Crippen molar-refractivity contribution < 1.29 is 18.9 Å². The summed E-state index contributed by atoms with van der Waals surface area (Å²) in [5.74, 6) is 0. The summed E-state index contributed by atoms with van der Waals surface area (Å²) in [4.78, 5) is 0. The Kier molecular flexibility index (Phi) is 14.7. The van der Waals surface area contributed by atoms with E-state index in [1.54, 1.807) is 0 Å². The molecule has 0 spiro atoms. The Morgan fingerprint density at radius 2 is 0.688 bits per heavy atom. The van der Waals surface area contributed by atoms with Gasteiger partial charge in [0.1, 0.15) is 0 Å². The first-order valence-electron chi connectivity index (χ1n) is 6.31. The minimum absolute atomic E-state index is 0.681. The van der Waals surface area contributed by atoms with Gasteiger partial charge in [-0.25, -0.2) is 0 Å². The van der Waals surface area contributed by atoms with Crippen LogP contribution in [0.5, 0.6) is 0 Å². The van der Waals surface area contributed by atoms with Crippen LogP contribution < -0.4 is 0 Å². The average Bonchev–Trinajstić information content (AvgIpc) is 2.35. The highest BCUT2D eigenvalue weighted by atomic mass is 16.5. The van der Waals surface area contributed by atoms with E-state index in [1.165, 1.54) is 0 Å². The molecule has 98 valence electrons. The van der Waals surface area contributed by atoms with E-state index in [-0.39, 0.29) is 0 Å². The Hall–Kier alpha value is -0.160. The van der Waals surface area contributed by atoms with E-state index >= 15 is 0 Å². The van der Waals surface area contributed by atoms with Gasteiger partial charge in [-0.15, -0.1) is 0 Å². The Morgan fingerprint density at radius 3 is 0.938 bits per heavy atom. The Morgan fingerprint density at radius 1 is 0.438 bits per heavy atom. The molecule has 0 aromatic rings. The molecular formula is C12H26O4. The van der Waals surface area contributed by atoms with Gasteiger partial charge in [-0.3, -0.25) is 0 Å². The van der Waals surface area contributed by atoms with Crippen molar-refractivity contribution in [1.29, 1.82) is 0 Å². The SMILES string of the molecule is C1COCCOCCCOCCOC1.CC. The minimum atomic E-state index is 0.681. The Bertz CT molecular complexity index is 66.3. The highest BCUT2D eigenvalue weighted by Crippen LogP contribution is 1.90. The molecular weight excluding hydrogens is 208 g/mol. The molecule has 4 heteroatoms. The van der Waals surface area contributed by atoms with Gasteiger partial charge >= 0.3 is 0 Å². The quantitative estimate of drug-likeness (QED) is 0.641. The fourth-order valence-corrected chi connectivity index (χ4v) is 1.17. The van der Waals surface area contributed by atoms with Crippen LogP contribution >= 0.6 is 0 Å². The summed E-state index contributed by atoms with van der Waals surface area (Å²) in [5.41, 5.74) is 0. The van der Waals surface area contributed by atoms with Crippen LogP contribution in [0.25, 0.3) is 0 Å². The molecule has 0 atom stereocenters. The van der Waals surface area contributed by atoms with E-state index in [4.69, 9.17) is 18.9 Å². The molecule has 1 fully saturated rings. The maximum atomic E-state index is 5.34. The van der Waals surface area contributed by atoms with Gasteiger partial charge in [0.15, 0.2) is 0 Å². The molecule has 0 N–H and O–H groups in total. The third kappa shape index (κ3) is 11.9. The first kappa shape index (κ1) is 15.8. The summed E-state index contributed by atoms with van der Waals surface area (Å²) >= 11 is 0. The molecule has 0 unspecified atom stereocenters. The topological polar surface area (TPSA) is 36.9 Å². The molecule has 1 aliphatic heterocycles. The predicted octanol–water partition coefficient (Wildman–Crippen LogP) is 1.87. The van der Waals surface area contributed by atoms with E-state index in [0.717, 1.165) is 39.3 Å². The van der Waals surface area contributed by atoms with Crippen LogP contribution in [0.15, 0.2) is 0 Å². The van der Waals surface area contributed by atoms with Crippen LogP contribution in [-0.4, -0.2) is 52.9 Å².